The van der Waals surface area contributed by atoms with Gasteiger partial charge in [-0.15, -0.1) is 0 Å². The Bertz CT molecular complexity index is 814. The minimum Gasteiger partial charge on any atom is -0.462 e. The standard InChI is InChI=1S/C22H28N2O5/c1-3-23(22-11-14-5-15(12-22)7-16(6-14)13-22)20(25)17-8-18(21(26)29-4-2)10-19(9-17)24(27)28/h8-10,14-16H,3-7,11-13H2,1-2H3. The van der Waals surface area contributed by atoms with E-state index in [1.54, 1.807) is 6.92 Å². The number of carbonyl (C=O) groups excluding carboxylic acids is 2. The maximum absolute atomic E-state index is 13.6. The fourth-order valence-electron chi connectivity index (χ4n) is 6.42. The molecule has 0 unspecified atom stereocenters. The molecule has 1 aromatic rings. The van der Waals surface area contributed by atoms with E-state index in [9.17, 15) is 19.7 Å². The third-order valence-electron chi connectivity index (χ3n) is 7.03. The quantitative estimate of drug-likeness (QED) is 0.405. The van der Waals surface area contributed by atoms with Crippen LogP contribution in [0.1, 0.15) is 73.1 Å². The summed E-state index contributed by atoms with van der Waals surface area (Å²) in [5.74, 6) is 1.18. The lowest BCUT2D eigenvalue weighted by Gasteiger charge is -2.60. The highest BCUT2D eigenvalue weighted by Crippen LogP contribution is 2.58. The SMILES string of the molecule is CCOC(=O)c1cc(C(=O)N(CC)C23CC4CC(CC(C4)C2)C3)cc([N+](=O)[O-])c1. The third-order valence-corrected chi connectivity index (χ3v) is 7.03. The molecule has 1 aromatic carbocycles. The van der Waals surface area contributed by atoms with Crippen LogP contribution < -0.4 is 0 Å². The van der Waals surface area contributed by atoms with E-state index in [1.807, 2.05) is 11.8 Å². The average Bonchev–Trinajstić information content (AvgIpc) is 2.67. The van der Waals surface area contributed by atoms with Crippen molar-refractivity contribution in [2.45, 2.75) is 57.9 Å². The molecule has 0 aromatic heterocycles. The smallest absolute Gasteiger partial charge is 0.338 e. The third kappa shape index (κ3) is 3.51. The summed E-state index contributed by atoms with van der Waals surface area (Å²) >= 11 is 0. The first kappa shape index (κ1) is 19.9. The Morgan fingerprint density at radius 2 is 1.62 bits per heavy atom. The van der Waals surface area contributed by atoms with Gasteiger partial charge >= 0.3 is 5.97 Å². The molecule has 4 aliphatic carbocycles. The Hall–Kier alpha value is -2.44. The van der Waals surface area contributed by atoms with Crippen molar-refractivity contribution < 1.29 is 19.2 Å². The van der Waals surface area contributed by atoms with Crippen molar-refractivity contribution in [1.82, 2.24) is 4.90 Å². The second kappa shape index (κ2) is 7.43. The van der Waals surface area contributed by atoms with E-state index in [1.165, 1.54) is 37.5 Å². The van der Waals surface area contributed by atoms with E-state index in [0.717, 1.165) is 19.3 Å². The van der Waals surface area contributed by atoms with Gasteiger partial charge in [-0.25, -0.2) is 4.79 Å². The van der Waals surface area contributed by atoms with Crippen LogP contribution in [-0.4, -0.2) is 40.4 Å². The molecular weight excluding hydrogens is 372 g/mol. The number of hydrogen-bond acceptors (Lipinski definition) is 5. The van der Waals surface area contributed by atoms with E-state index in [4.69, 9.17) is 4.74 Å². The maximum atomic E-state index is 13.6. The average molecular weight is 400 g/mol. The van der Waals surface area contributed by atoms with E-state index in [2.05, 4.69) is 0 Å². The predicted octanol–water partition coefficient (Wildman–Crippen LogP) is 4.20. The molecule has 0 N–H and O–H groups in total. The summed E-state index contributed by atoms with van der Waals surface area (Å²) in [7, 11) is 0. The molecule has 4 fully saturated rings. The fraction of sp³-hybridized carbons (Fsp3) is 0.636. The number of hydrogen-bond donors (Lipinski definition) is 0. The molecule has 0 saturated heterocycles. The molecular formula is C22H28N2O5. The number of non-ortho nitro benzene ring substituents is 1. The molecule has 1 amide bonds. The summed E-state index contributed by atoms with van der Waals surface area (Å²) in [4.78, 5) is 38.5. The van der Waals surface area contributed by atoms with Crippen molar-refractivity contribution in [3.63, 3.8) is 0 Å². The lowest BCUT2D eigenvalue weighted by atomic mass is 9.52. The van der Waals surface area contributed by atoms with Crippen LogP contribution in [0.3, 0.4) is 0 Å². The molecule has 4 aliphatic rings. The number of amides is 1. The summed E-state index contributed by atoms with van der Waals surface area (Å²) < 4.78 is 5.00. The second-order valence-corrected chi connectivity index (χ2v) is 8.94. The minimum absolute atomic E-state index is 0.0472. The summed E-state index contributed by atoms with van der Waals surface area (Å²) in [5, 5.41) is 11.4. The number of benzene rings is 1. The summed E-state index contributed by atoms with van der Waals surface area (Å²) in [6.45, 7) is 4.37. The van der Waals surface area contributed by atoms with Crippen molar-refractivity contribution >= 4 is 17.6 Å². The number of nitro benzene ring substituents is 1. The van der Waals surface area contributed by atoms with Crippen LogP contribution in [0.4, 0.5) is 5.69 Å². The monoisotopic (exact) mass is 400 g/mol. The van der Waals surface area contributed by atoms with Gasteiger partial charge in [0, 0.05) is 29.8 Å². The molecule has 4 saturated carbocycles. The highest BCUT2D eigenvalue weighted by atomic mass is 16.6. The Balaban J connectivity index is 1.69. The van der Waals surface area contributed by atoms with E-state index >= 15 is 0 Å². The molecule has 7 nitrogen and oxygen atoms in total. The van der Waals surface area contributed by atoms with Crippen LogP contribution in [0.5, 0.6) is 0 Å². The van der Waals surface area contributed by atoms with Gasteiger partial charge in [-0.3, -0.25) is 14.9 Å². The molecule has 7 heteroatoms. The molecule has 5 rings (SSSR count). The van der Waals surface area contributed by atoms with E-state index in [-0.39, 0.29) is 34.9 Å². The Morgan fingerprint density at radius 1 is 1.07 bits per heavy atom. The van der Waals surface area contributed by atoms with Crippen LogP contribution in [0.15, 0.2) is 18.2 Å². The zero-order valence-electron chi connectivity index (χ0n) is 17.1. The van der Waals surface area contributed by atoms with Gasteiger partial charge in [0.15, 0.2) is 0 Å². The van der Waals surface area contributed by atoms with Gasteiger partial charge < -0.3 is 9.64 Å². The second-order valence-electron chi connectivity index (χ2n) is 8.94. The zero-order valence-corrected chi connectivity index (χ0v) is 17.1. The van der Waals surface area contributed by atoms with Crippen molar-refractivity contribution in [2.75, 3.05) is 13.2 Å². The Labute approximate surface area is 170 Å². The molecule has 0 atom stereocenters. The maximum Gasteiger partial charge on any atom is 0.338 e. The van der Waals surface area contributed by atoms with Crippen molar-refractivity contribution in [3.8, 4) is 0 Å². The number of rotatable bonds is 6. The highest BCUT2D eigenvalue weighted by Gasteiger charge is 2.54. The van der Waals surface area contributed by atoms with Crippen molar-refractivity contribution in [3.05, 3.63) is 39.4 Å². The first-order valence-corrected chi connectivity index (χ1v) is 10.6. The van der Waals surface area contributed by atoms with Gasteiger partial charge in [0.25, 0.3) is 11.6 Å². The molecule has 156 valence electrons. The fourth-order valence-corrected chi connectivity index (χ4v) is 6.42. The van der Waals surface area contributed by atoms with Gasteiger partial charge in [-0.2, -0.15) is 0 Å². The number of nitro groups is 1. The molecule has 29 heavy (non-hydrogen) atoms. The molecule has 0 aliphatic heterocycles. The predicted molar refractivity (Wildman–Crippen MR) is 107 cm³/mol. The highest BCUT2D eigenvalue weighted by molar-refractivity contribution is 5.99. The van der Waals surface area contributed by atoms with Crippen molar-refractivity contribution in [1.29, 1.82) is 0 Å². The number of nitrogens with zero attached hydrogens (tertiary/aromatic N) is 2. The molecule has 0 spiro atoms. The number of carbonyl (C=O) groups is 2. The Morgan fingerprint density at radius 3 is 2.10 bits per heavy atom. The van der Waals surface area contributed by atoms with Gasteiger partial charge in [-0.1, -0.05) is 0 Å². The van der Waals surface area contributed by atoms with Crippen LogP contribution >= 0.6 is 0 Å². The lowest BCUT2D eigenvalue weighted by Crippen LogP contribution is -2.61. The van der Waals surface area contributed by atoms with E-state index in [0.29, 0.717) is 24.3 Å². The number of ether oxygens (including phenoxy) is 1. The van der Waals surface area contributed by atoms with Crippen molar-refractivity contribution in [2.24, 2.45) is 17.8 Å². The summed E-state index contributed by atoms with van der Waals surface area (Å²) in [5.41, 5.74) is -0.166. The van der Waals surface area contributed by atoms with Crippen LogP contribution in [-0.2, 0) is 4.74 Å². The van der Waals surface area contributed by atoms with Gasteiger partial charge in [0.2, 0.25) is 0 Å². The first-order chi connectivity index (χ1) is 13.8. The number of esters is 1. The summed E-state index contributed by atoms with van der Waals surface area (Å²) in [6.07, 6.45) is 6.90. The first-order valence-electron chi connectivity index (χ1n) is 10.6. The van der Waals surface area contributed by atoms with Crippen LogP contribution in [0.25, 0.3) is 0 Å². The Kier molecular flexibility index (Phi) is 5.09. The van der Waals surface area contributed by atoms with E-state index < -0.39 is 10.9 Å². The summed E-state index contributed by atoms with van der Waals surface area (Å²) in [6, 6.07) is 3.90. The lowest BCUT2D eigenvalue weighted by molar-refractivity contribution is -0.384. The topological polar surface area (TPSA) is 89.8 Å². The van der Waals surface area contributed by atoms with Gasteiger partial charge in [-0.05, 0) is 76.2 Å². The van der Waals surface area contributed by atoms with Crippen LogP contribution in [0.2, 0.25) is 0 Å². The van der Waals surface area contributed by atoms with Crippen LogP contribution in [0, 0.1) is 27.9 Å². The normalized spacial score (nSPS) is 29.5. The minimum atomic E-state index is -0.650. The largest absolute Gasteiger partial charge is 0.462 e. The van der Waals surface area contributed by atoms with Gasteiger partial charge in [0.05, 0.1) is 17.1 Å². The molecule has 0 radical (unpaired) electrons. The molecule has 0 heterocycles. The van der Waals surface area contributed by atoms with Gasteiger partial charge in [0.1, 0.15) is 0 Å². The molecule has 4 bridgehead atoms. The zero-order chi connectivity index (χ0) is 20.8.